The number of nitrogens with zero attached hydrogens (tertiary/aromatic N) is 1. The molecule has 2 amide bonds. The van der Waals surface area contributed by atoms with Gasteiger partial charge >= 0.3 is 6.03 Å². The van der Waals surface area contributed by atoms with Crippen LogP contribution in [0.1, 0.15) is 12.0 Å². The minimum absolute atomic E-state index is 0.115. The topological polar surface area (TPSA) is 87.7 Å². The Morgan fingerprint density at radius 1 is 1.03 bits per heavy atom. The third kappa shape index (κ3) is 6.77. The molecule has 0 fully saturated rings. The zero-order chi connectivity index (χ0) is 23.8. The Kier molecular flexibility index (Phi) is 8.02. The van der Waals surface area contributed by atoms with E-state index in [2.05, 4.69) is 10.0 Å². The summed E-state index contributed by atoms with van der Waals surface area (Å²) in [5.41, 5.74) is 2.13. The Morgan fingerprint density at radius 3 is 2.36 bits per heavy atom. The normalized spacial score (nSPS) is 11.1. The van der Waals surface area contributed by atoms with Gasteiger partial charge in [-0.05, 0) is 79.6 Å². The van der Waals surface area contributed by atoms with E-state index in [9.17, 15) is 17.6 Å². The largest absolute Gasteiger partial charge is 0.497 e. The van der Waals surface area contributed by atoms with Gasteiger partial charge in [-0.25, -0.2) is 22.3 Å². The first kappa shape index (κ1) is 24.2. The molecule has 0 aliphatic heterocycles. The molecule has 2 N–H and O–H groups in total. The van der Waals surface area contributed by atoms with Crippen molar-refractivity contribution in [2.24, 2.45) is 0 Å². The van der Waals surface area contributed by atoms with E-state index in [1.165, 1.54) is 48.4 Å². The van der Waals surface area contributed by atoms with E-state index >= 15 is 0 Å². The van der Waals surface area contributed by atoms with Crippen molar-refractivity contribution >= 4 is 27.4 Å². The van der Waals surface area contributed by atoms with Gasteiger partial charge in [0.25, 0.3) is 0 Å². The molecule has 0 aliphatic rings. The molecule has 0 radical (unpaired) electrons. The molecule has 0 aromatic heterocycles. The second-order valence-corrected chi connectivity index (χ2v) is 9.12. The zero-order valence-electron chi connectivity index (χ0n) is 18.4. The lowest BCUT2D eigenvalue weighted by Gasteiger charge is -2.23. The molecule has 174 valence electrons. The third-order valence-corrected chi connectivity index (χ3v) is 6.35. The highest BCUT2D eigenvalue weighted by Gasteiger charge is 2.18. The van der Waals surface area contributed by atoms with Crippen molar-refractivity contribution in [3.63, 3.8) is 0 Å². The van der Waals surface area contributed by atoms with Gasteiger partial charge in [0.15, 0.2) is 0 Å². The van der Waals surface area contributed by atoms with Crippen molar-refractivity contribution < 1.29 is 22.3 Å². The van der Waals surface area contributed by atoms with Crippen LogP contribution >= 0.6 is 0 Å². The monoisotopic (exact) mass is 471 g/mol. The van der Waals surface area contributed by atoms with E-state index in [1.807, 2.05) is 25.1 Å². The van der Waals surface area contributed by atoms with Crippen molar-refractivity contribution in [3.05, 3.63) is 84.2 Å². The fourth-order valence-electron chi connectivity index (χ4n) is 3.16. The summed E-state index contributed by atoms with van der Waals surface area (Å²) in [6.07, 6.45) is 0.341. The van der Waals surface area contributed by atoms with E-state index in [0.29, 0.717) is 23.5 Å². The standard InChI is InChI=1S/C24H26FN3O4S/c1-18-5-3-6-20(17-18)27-24(29)28(21-9-7-19(25)8-10-21)16-4-15-26-33(30,31)23-13-11-22(32-2)12-14-23/h3,5-14,17,26H,4,15-16H2,1-2H3,(H,27,29). The lowest BCUT2D eigenvalue weighted by atomic mass is 10.2. The summed E-state index contributed by atoms with van der Waals surface area (Å²) in [6.45, 7) is 2.25. The van der Waals surface area contributed by atoms with Crippen LogP contribution in [0.4, 0.5) is 20.6 Å². The van der Waals surface area contributed by atoms with Crippen molar-refractivity contribution in [1.82, 2.24) is 4.72 Å². The summed E-state index contributed by atoms with van der Waals surface area (Å²) in [5.74, 6) is 0.147. The van der Waals surface area contributed by atoms with Crippen LogP contribution in [0.2, 0.25) is 0 Å². The molecule has 9 heteroatoms. The summed E-state index contributed by atoms with van der Waals surface area (Å²) in [7, 11) is -2.20. The van der Waals surface area contributed by atoms with Gasteiger partial charge in [0.05, 0.1) is 12.0 Å². The second-order valence-electron chi connectivity index (χ2n) is 7.35. The van der Waals surface area contributed by atoms with Crippen molar-refractivity contribution in [1.29, 1.82) is 0 Å². The zero-order valence-corrected chi connectivity index (χ0v) is 19.2. The smallest absolute Gasteiger partial charge is 0.326 e. The van der Waals surface area contributed by atoms with E-state index in [0.717, 1.165) is 5.56 Å². The fraction of sp³-hybridized carbons (Fsp3) is 0.208. The summed E-state index contributed by atoms with van der Waals surface area (Å²) in [4.78, 5) is 14.5. The summed E-state index contributed by atoms with van der Waals surface area (Å²) in [5, 5.41) is 2.83. The highest BCUT2D eigenvalue weighted by Crippen LogP contribution is 2.19. The van der Waals surface area contributed by atoms with Crippen molar-refractivity contribution in [2.75, 3.05) is 30.4 Å². The Bertz CT molecular complexity index is 1180. The van der Waals surface area contributed by atoms with Gasteiger partial charge in [0, 0.05) is 24.5 Å². The Labute approximate surface area is 193 Å². The second kappa shape index (κ2) is 10.9. The number of sulfonamides is 1. The number of aryl methyl sites for hydroxylation is 1. The van der Waals surface area contributed by atoms with Crippen LogP contribution in [0.15, 0.2) is 77.7 Å². The summed E-state index contributed by atoms with van der Waals surface area (Å²) in [6, 6.07) is 18.6. The fourth-order valence-corrected chi connectivity index (χ4v) is 4.24. The van der Waals surface area contributed by atoms with E-state index in [4.69, 9.17) is 4.74 Å². The van der Waals surface area contributed by atoms with Gasteiger partial charge < -0.3 is 10.1 Å². The quantitative estimate of drug-likeness (QED) is 0.448. The van der Waals surface area contributed by atoms with E-state index in [-0.39, 0.29) is 18.0 Å². The molecule has 3 aromatic carbocycles. The number of nitrogens with one attached hydrogen (secondary N) is 2. The molecule has 0 saturated carbocycles. The van der Waals surface area contributed by atoms with Gasteiger partial charge in [-0.15, -0.1) is 0 Å². The van der Waals surface area contributed by atoms with Crippen LogP contribution in [0, 0.1) is 12.7 Å². The number of ether oxygens (including phenoxy) is 1. The molecule has 0 spiro atoms. The number of hydrogen-bond donors (Lipinski definition) is 2. The minimum Gasteiger partial charge on any atom is -0.497 e. The maximum atomic E-state index is 13.4. The predicted molar refractivity (Wildman–Crippen MR) is 127 cm³/mol. The molecule has 7 nitrogen and oxygen atoms in total. The highest BCUT2D eigenvalue weighted by molar-refractivity contribution is 7.89. The molecule has 0 saturated heterocycles. The lowest BCUT2D eigenvalue weighted by Crippen LogP contribution is -2.37. The van der Waals surface area contributed by atoms with Gasteiger partial charge in [-0.1, -0.05) is 12.1 Å². The first-order valence-corrected chi connectivity index (χ1v) is 11.8. The molecule has 3 aromatic rings. The van der Waals surface area contributed by atoms with Gasteiger partial charge in [0.1, 0.15) is 11.6 Å². The van der Waals surface area contributed by atoms with E-state index in [1.54, 1.807) is 18.2 Å². The molecule has 0 heterocycles. The Balaban J connectivity index is 1.65. The molecule has 0 atom stereocenters. The molecular weight excluding hydrogens is 445 g/mol. The average molecular weight is 472 g/mol. The van der Waals surface area contributed by atoms with Crippen molar-refractivity contribution in [3.8, 4) is 5.75 Å². The molecule has 0 aliphatic carbocycles. The average Bonchev–Trinajstić information content (AvgIpc) is 2.80. The Hall–Kier alpha value is -3.43. The van der Waals surface area contributed by atoms with Gasteiger partial charge in [0.2, 0.25) is 10.0 Å². The number of carbonyl (C=O) groups is 1. The number of rotatable bonds is 9. The third-order valence-electron chi connectivity index (χ3n) is 4.87. The molecule has 0 unspecified atom stereocenters. The SMILES string of the molecule is COc1ccc(S(=O)(=O)NCCCN(C(=O)Nc2cccc(C)c2)c2ccc(F)cc2)cc1. The number of carbonyl (C=O) groups excluding carboxylic acids is 1. The molecule has 0 bridgehead atoms. The number of anilines is 2. The Morgan fingerprint density at radius 2 is 1.73 bits per heavy atom. The number of methoxy groups -OCH3 is 1. The number of amides is 2. The van der Waals surface area contributed by atoms with Crippen molar-refractivity contribution in [2.45, 2.75) is 18.2 Å². The molecule has 33 heavy (non-hydrogen) atoms. The predicted octanol–water partition coefficient (Wildman–Crippen LogP) is 4.55. The maximum absolute atomic E-state index is 13.4. The lowest BCUT2D eigenvalue weighted by molar-refractivity contribution is 0.257. The first-order valence-electron chi connectivity index (χ1n) is 10.3. The maximum Gasteiger partial charge on any atom is 0.326 e. The number of halogens is 1. The molecule has 3 rings (SSSR count). The summed E-state index contributed by atoms with van der Waals surface area (Å²) >= 11 is 0. The first-order chi connectivity index (χ1) is 15.8. The van der Waals surface area contributed by atoms with Gasteiger partial charge in [-0.2, -0.15) is 0 Å². The summed E-state index contributed by atoms with van der Waals surface area (Å²) < 4.78 is 46.0. The van der Waals surface area contributed by atoms with Crippen LogP contribution in [0.5, 0.6) is 5.75 Å². The number of hydrogen-bond acceptors (Lipinski definition) is 4. The van der Waals surface area contributed by atoms with Crippen LogP contribution in [0.25, 0.3) is 0 Å². The molecular formula is C24H26FN3O4S. The van der Waals surface area contributed by atoms with Gasteiger partial charge in [-0.3, -0.25) is 4.90 Å². The number of urea groups is 1. The van der Waals surface area contributed by atoms with Crippen LogP contribution in [-0.2, 0) is 10.0 Å². The minimum atomic E-state index is -3.70. The highest BCUT2D eigenvalue weighted by atomic mass is 32.2. The van der Waals surface area contributed by atoms with Crippen LogP contribution in [0.3, 0.4) is 0 Å². The number of benzene rings is 3. The van der Waals surface area contributed by atoms with Crippen LogP contribution in [-0.4, -0.2) is 34.6 Å². The van der Waals surface area contributed by atoms with E-state index < -0.39 is 21.9 Å². The van der Waals surface area contributed by atoms with Crippen LogP contribution < -0.4 is 19.7 Å².